The third kappa shape index (κ3) is 5.25. The third-order valence-corrected chi connectivity index (χ3v) is 3.87. The van der Waals surface area contributed by atoms with Crippen LogP contribution in [0.4, 0.5) is 0 Å². The second kappa shape index (κ2) is 8.71. The number of aliphatic hydroxyl groups is 1. The Morgan fingerprint density at radius 1 is 1.00 bits per heavy atom. The highest BCUT2D eigenvalue weighted by Crippen LogP contribution is 2.31. The zero-order valence-corrected chi connectivity index (χ0v) is 14.8. The minimum absolute atomic E-state index is 0.123. The highest BCUT2D eigenvalue weighted by molar-refractivity contribution is 5.46. The van der Waals surface area contributed by atoms with E-state index >= 15 is 0 Å². The van der Waals surface area contributed by atoms with Crippen LogP contribution >= 0.6 is 0 Å². The van der Waals surface area contributed by atoms with Crippen molar-refractivity contribution in [2.45, 2.75) is 39.5 Å². The van der Waals surface area contributed by atoms with Gasteiger partial charge in [-0.05, 0) is 38.5 Å². The van der Waals surface area contributed by atoms with Gasteiger partial charge in [-0.1, -0.05) is 36.4 Å². The number of quaternary nitrogens is 1. The van der Waals surface area contributed by atoms with E-state index in [1.54, 1.807) is 0 Å². The predicted octanol–water partition coefficient (Wildman–Crippen LogP) is 2.50. The first kappa shape index (κ1) is 18.3. The van der Waals surface area contributed by atoms with Crippen molar-refractivity contribution >= 4 is 0 Å². The number of benzene rings is 2. The average Bonchev–Trinajstić information content (AvgIpc) is 2.60. The van der Waals surface area contributed by atoms with E-state index in [9.17, 15) is 5.11 Å². The lowest BCUT2D eigenvalue weighted by Crippen LogP contribution is -2.95. The van der Waals surface area contributed by atoms with Gasteiger partial charge in [0.25, 0.3) is 0 Å². The van der Waals surface area contributed by atoms with Crippen molar-refractivity contribution in [2.24, 2.45) is 0 Å². The van der Waals surface area contributed by atoms with Crippen LogP contribution in [0.15, 0.2) is 48.5 Å². The molecule has 0 aliphatic heterocycles. The Morgan fingerprint density at radius 3 is 2.42 bits per heavy atom. The van der Waals surface area contributed by atoms with Gasteiger partial charge in [0.15, 0.2) is 11.5 Å². The molecule has 2 aromatic rings. The quantitative estimate of drug-likeness (QED) is 0.743. The average molecular weight is 330 g/mol. The number of aliphatic hydroxyl groups excluding tert-OH is 1. The Bertz CT molecular complexity index is 626. The molecule has 2 aromatic carbocycles. The Labute approximate surface area is 144 Å². The topological polar surface area (TPSA) is 55.3 Å². The van der Waals surface area contributed by atoms with E-state index in [4.69, 9.17) is 9.47 Å². The molecule has 0 bridgehead atoms. The van der Waals surface area contributed by atoms with Gasteiger partial charge in [0.1, 0.15) is 18.7 Å². The van der Waals surface area contributed by atoms with Crippen LogP contribution in [0.1, 0.15) is 31.9 Å². The van der Waals surface area contributed by atoms with Crippen molar-refractivity contribution in [3.05, 3.63) is 59.7 Å². The molecule has 0 unspecified atom stereocenters. The zero-order valence-electron chi connectivity index (χ0n) is 14.8. The summed E-state index contributed by atoms with van der Waals surface area (Å²) in [5, 5.41) is 11.6. The van der Waals surface area contributed by atoms with Gasteiger partial charge in [-0.3, -0.25) is 0 Å². The molecule has 0 aliphatic carbocycles. The van der Waals surface area contributed by atoms with Crippen molar-refractivity contribution in [1.82, 2.24) is 0 Å². The smallest absolute Gasteiger partial charge is 0.170 e. The Morgan fingerprint density at radius 2 is 1.75 bits per heavy atom. The number of ether oxygens (including phenoxy) is 2. The molecule has 0 fully saturated rings. The van der Waals surface area contributed by atoms with Crippen LogP contribution in [0.2, 0.25) is 0 Å². The summed E-state index contributed by atoms with van der Waals surface area (Å²) >= 11 is 0. The van der Waals surface area contributed by atoms with Crippen LogP contribution in [0.5, 0.6) is 11.5 Å². The van der Waals surface area contributed by atoms with Crippen molar-refractivity contribution < 1.29 is 19.9 Å². The molecule has 0 spiro atoms. The fraction of sp³-hybridized carbons (Fsp3) is 0.400. The summed E-state index contributed by atoms with van der Waals surface area (Å²) in [4.78, 5) is 0. The SMILES string of the molecule is CCOc1cccc(C[NH2+]C(C)(C)CO)c1OCc1ccccc1. The van der Waals surface area contributed by atoms with E-state index < -0.39 is 0 Å². The number of rotatable bonds is 9. The Balaban J connectivity index is 2.18. The number of nitrogens with two attached hydrogens (primary N) is 1. The van der Waals surface area contributed by atoms with Gasteiger partial charge < -0.3 is 19.9 Å². The van der Waals surface area contributed by atoms with Gasteiger partial charge in [0.05, 0.1) is 18.8 Å². The first-order valence-corrected chi connectivity index (χ1v) is 8.42. The molecule has 4 nitrogen and oxygen atoms in total. The van der Waals surface area contributed by atoms with E-state index in [2.05, 4.69) is 5.32 Å². The molecule has 0 saturated carbocycles. The summed E-state index contributed by atoms with van der Waals surface area (Å²) in [5.41, 5.74) is 1.96. The maximum absolute atomic E-state index is 9.45. The van der Waals surface area contributed by atoms with Gasteiger partial charge in [-0.15, -0.1) is 0 Å². The first-order valence-electron chi connectivity index (χ1n) is 8.42. The molecular weight excluding hydrogens is 302 g/mol. The molecule has 3 N–H and O–H groups in total. The second-order valence-electron chi connectivity index (χ2n) is 6.51. The van der Waals surface area contributed by atoms with Gasteiger partial charge in [0.2, 0.25) is 0 Å². The first-order chi connectivity index (χ1) is 11.6. The normalized spacial score (nSPS) is 11.3. The maximum Gasteiger partial charge on any atom is 0.170 e. The Kier molecular flexibility index (Phi) is 6.64. The number of para-hydroxylation sites is 1. The summed E-state index contributed by atoms with van der Waals surface area (Å²) in [6.07, 6.45) is 0. The highest BCUT2D eigenvalue weighted by atomic mass is 16.5. The molecule has 24 heavy (non-hydrogen) atoms. The predicted molar refractivity (Wildman–Crippen MR) is 95.2 cm³/mol. The van der Waals surface area contributed by atoms with Crippen LogP contribution in [-0.2, 0) is 13.2 Å². The molecule has 0 aliphatic rings. The van der Waals surface area contributed by atoms with Gasteiger partial charge in [-0.2, -0.15) is 0 Å². The summed E-state index contributed by atoms with van der Waals surface area (Å²) in [7, 11) is 0. The molecule has 0 saturated heterocycles. The minimum Gasteiger partial charge on any atom is -0.490 e. The van der Waals surface area contributed by atoms with Gasteiger partial charge in [0, 0.05) is 0 Å². The van der Waals surface area contributed by atoms with E-state index in [0.29, 0.717) is 13.2 Å². The highest BCUT2D eigenvalue weighted by Gasteiger charge is 2.21. The van der Waals surface area contributed by atoms with E-state index in [-0.39, 0.29) is 12.1 Å². The molecule has 0 atom stereocenters. The molecule has 130 valence electrons. The van der Waals surface area contributed by atoms with Gasteiger partial charge in [-0.25, -0.2) is 0 Å². The molecule has 0 heterocycles. The van der Waals surface area contributed by atoms with Crippen LogP contribution in [-0.4, -0.2) is 23.9 Å². The van der Waals surface area contributed by atoms with E-state index in [1.165, 1.54) is 0 Å². The molecule has 2 rings (SSSR count). The molecule has 0 aromatic heterocycles. The second-order valence-corrected chi connectivity index (χ2v) is 6.51. The number of hydrogen-bond acceptors (Lipinski definition) is 3. The molecule has 0 radical (unpaired) electrons. The lowest BCUT2D eigenvalue weighted by Gasteiger charge is -2.21. The third-order valence-electron chi connectivity index (χ3n) is 3.87. The van der Waals surface area contributed by atoms with E-state index in [0.717, 1.165) is 29.2 Å². The van der Waals surface area contributed by atoms with Crippen molar-refractivity contribution in [2.75, 3.05) is 13.2 Å². The maximum atomic E-state index is 9.45. The monoisotopic (exact) mass is 330 g/mol. The van der Waals surface area contributed by atoms with Crippen molar-refractivity contribution in [3.8, 4) is 11.5 Å². The Hall–Kier alpha value is -2.04. The standard InChI is InChI=1S/C20H27NO3/c1-4-23-18-12-8-11-17(13-21-20(2,3)15-22)19(18)24-14-16-9-6-5-7-10-16/h5-12,21-22H,4,13-15H2,1-3H3/p+1. The largest absolute Gasteiger partial charge is 0.490 e. The van der Waals surface area contributed by atoms with Crippen LogP contribution < -0.4 is 14.8 Å². The van der Waals surface area contributed by atoms with Crippen molar-refractivity contribution in [3.63, 3.8) is 0 Å². The zero-order chi connectivity index (χ0) is 17.4. The van der Waals surface area contributed by atoms with Crippen LogP contribution in [0.25, 0.3) is 0 Å². The summed E-state index contributed by atoms with van der Waals surface area (Å²) < 4.78 is 11.8. The van der Waals surface area contributed by atoms with Crippen LogP contribution in [0, 0.1) is 0 Å². The molecule has 0 amide bonds. The fourth-order valence-corrected chi connectivity index (χ4v) is 2.34. The summed E-state index contributed by atoms with van der Waals surface area (Å²) in [5.74, 6) is 1.55. The summed E-state index contributed by atoms with van der Waals surface area (Å²) in [6, 6.07) is 16.1. The summed E-state index contributed by atoms with van der Waals surface area (Å²) in [6.45, 7) is 7.94. The van der Waals surface area contributed by atoms with Gasteiger partial charge >= 0.3 is 0 Å². The lowest BCUT2D eigenvalue weighted by atomic mass is 10.1. The lowest BCUT2D eigenvalue weighted by molar-refractivity contribution is -0.736. The van der Waals surface area contributed by atoms with Crippen LogP contribution in [0.3, 0.4) is 0 Å². The van der Waals surface area contributed by atoms with Crippen molar-refractivity contribution in [1.29, 1.82) is 0 Å². The minimum atomic E-state index is -0.224. The molecule has 4 heteroatoms. The van der Waals surface area contributed by atoms with E-state index in [1.807, 2.05) is 69.3 Å². The number of hydrogen-bond donors (Lipinski definition) is 2. The fourth-order valence-electron chi connectivity index (χ4n) is 2.34. The molecular formula is C20H28NO3+.